The first-order valence-corrected chi connectivity index (χ1v) is 7.12. The molecule has 0 aliphatic rings. The van der Waals surface area contributed by atoms with Gasteiger partial charge in [0.1, 0.15) is 16.1 Å². The Labute approximate surface area is 104 Å². The summed E-state index contributed by atoms with van der Waals surface area (Å²) in [7, 11) is 0. The molecule has 1 unspecified atom stereocenters. The highest BCUT2D eigenvalue weighted by molar-refractivity contribution is 7.11. The molecule has 2 aromatic rings. The van der Waals surface area contributed by atoms with Crippen LogP contribution in [0.1, 0.15) is 35.1 Å². The predicted molar refractivity (Wildman–Crippen MR) is 69.1 cm³/mol. The first-order valence-electron chi connectivity index (χ1n) is 5.36. The second-order valence-electron chi connectivity index (χ2n) is 3.58. The van der Waals surface area contributed by atoms with Gasteiger partial charge in [0.2, 0.25) is 0 Å². The van der Waals surface area contributed by atoms with Crippen LogP contribution in [0.25, 0.3) is 0 Å². The molecule has 0 aliphatic carbocycles. The molecule has 1 N–H and O–H groups in total. The second-order valence-corrected chi connectivity index (χ2v) is 5.40. The fourth-order valence-corrected chi connectivity index (χ4v) is 3.11. The van der Waals surface area contributed by atoms with E-state index in [2.05, 4.69) is 27.6 Å². The van der Waals surface area contributed by atoms with Crippen LogP contribution < -0.4 is 5.32 Å². The van der Waals surface area contributed by atoms with E-state index < -0.39 is 0 Å². The van der Waals surface area contributed by atoms with Crippen LogP contribution in [0.2, 0.25) is 0 Å². The summed E-state index contributed by atoms with van der Waals surface area (Å²) in [5.41, 5.74) is 1.08. The van der Waals surface area contributed by atoms with Gasteiger partial charge in [0.15, 0.2) is 0 Å². The quantitative estimate of drug-likeness (QED) is 0.890. The first-order chi connectivity index (χ1) is 7.81. The normalized spacial score (nSPS) is 12.9. The van der Waals surface area contributed by atoms with Gasteiger partial charge >= 0.3 is 0 Å². The average molecular weight is 253 g/mol. The maximum Gasteiger partial charge on any atom is 0.117 e. The molecule has 0 saturated heterocycles. The van der Waals surface area contributed by atoms with Crippen LogP contribution in [0.3, 0.4) is 0 Å². The maximum atomic E-state index is 4.54. The smallest absolute Gasteiger partial charge is 0.117 e. The van der Waals surface area contributed by atoms with Crippen molar-refractivity contribution >= 4 is 22.7 Å². The molecule has 2 rings (SSSR count). The monoisotopic (exact) mass is 253 g/mol. The van der Waals surface area contributed by atoms with Crippen molar-refractivity contribution in [3.63, 3.8) is 0 Å². The lowest BCUT2D eigenvalue weighted by Gasteiger charge is -2.12. The van der Waals surface area contributed by atoms with Crippen molar-refractivity contribution in [3.8, 4) is 0 Å². The Balaban J connectivity index is 2.21. The summed E-state index contributed by atoms with van der Waals surface area (Å²) >= 11 is 3.38. The Kier molecular flexibility index (Phi) is 4.04. The number of nitrogens with one attached hydrogen (secondary N) is 1. The molecule has 0 fully saturated rings. The molecule has 0 radical (unpaired) electrons. The minimum atomic E-state index is 0.165. The minimum Gasteiger partial charge on any atom is -0.302 e. The third-order valence-electron chi connectivity index (χ3n) is 2.18. The number of aromatic nitrogens is 2. The molecule has 0 saturated carbocycles. The second kappa shape index (κ2) is 5.52. The topological polar surface area (TPSA) is 37.8 Å². The SMILES string of the molecule is CCCNC(c1nccs1)c1nc(C)cs1. The lowest BCUT2D eigenvalue weighted by Crippen LogP contribution is -2.22. The zero-order valence-electron chi connectivity index (χ0n) is 9.43. The number of nitrogens with zero attached hydrogens (tertiary/aromatic N) is 2. The summed E-state index contributed by atoms with van der Waals surface area (Å²) in [6, 6.07) is 0.165. The van der Waals surface area contributed by atoms with Gasteiger partial charge in [-0.05, 0) is 19.9 Å². The van der Waals surface area contributed by atoms with Gasteiger partial charge in [-0.15, -0.1) is 22.7 Å². The van der Waals surface area contributed by atoms with Crippen LogP contribution in [0.4, 0.5) is 0 Å². The van der Waals surface area contributed by atoms with Crippen LogP contribution >= 0.6 is 22.7 Å². The molecule has 16 heavy (non-hydrogen) atoms. The van der Waals surface area contributed by atoms with Gasteiger partial charge in [-0.2, -0.15) is 0 Å². The number of hydrogen-bond donors (Lipinski definition) is 1. The van der Waals surface area contributed by atoms with Crippen molar-refractivity contribution < 1.29 is 0 Å². The summed E-state index contributed by atoms with van der Waals surface area (Å²) in [6.07, 6.45) is 2.97. The van der Waals surface area contributed by atoms with E-state index in [9.17, 15) is 0 Å². The first kappa shape index (κ1) is 11.7. The van der Waals surface area contributed by atoms with E-state index in [0.29, 0.717) is 0 Å². The molecule has 0 aliphatic heterocycles. The van der Waals surface area contributed by atoms with E-state index in [-0.39, 0.29) is 6.04 Å². The van der Waals surface area contributed by atoms with E-state index in [0.717, 1.165) is 28.7 Å². The summed E-state index contributed by atoms with van der Waals surface area (Å²) in [5, 5.41) is 9.81. The fourth-order valence-electron chi connectivity index (χ4n) is 1.45. The number of hydrogen-bond acceptors (Lipinski definition) is 5. The van der Waals surface area contributed by atoms with Crippen molar-refractivity contribution in [3.05, 3.63) is 32.7 Å². The van der Waals surface area contributed by atoms with Crippen molar-refractivity contribution in [1.82, 2.24) is 15.3 Å². The highest BCUT2D eigenvalue weighted by atomic mass is 32.1. The molecule has 2 aromatic heterocycles. The van der Waals surface area contributed by atoms with Crippen molar-refractivity contribution in [1.29, 1.82) is 0 Å². The van der Waals surface area contributed by atoms with Crippen LogP contribution in [-0.2, 0) is 0 Å². The molecule has 0 spiro atoms. The maximum absolute atomic E-state index is 4.54. The largest absolute Gasteiger partial charge is 0.302 e. The van der Waals surface area contributed by atoms with Crippen molar-refractivity contribution in [2.75, 3.05) is 6.54 Å². The van der Waals surface area contributed by atoms with E-state index >= 15 is 0 Å². The number of rotatable bonds is 5. The van der Waals surface area contributed by atoms with Crippen LogP contribution in [-0.4, -0.2) is 16.5 Å². The number of thiazole rings is 2. The third kappa shape index (κ3) is 2.66. The fraction of sp³-hybridized carbons (Fsp3) is 0.455. The van der Waals surface area contributed by atoms with Crippen molar-refractivity contribution in [2.24, 2.45) is 0 Å². The number of aryl methyl sites for hydroxylation is 1. The zero-order valence-corrected chi connectivity index (χ0v) is 11.1. The van der Waals surface area contributed by atoms with Crippen LogP contribution in [0, 0.1) is 6.92 Å². The minimum absolute atomic E-state index is 0.165. The van der Waals surface area contributed by atoms with E-state index in [1.54, 1.807) is 22.7 Å². The summed E-state index contributed by atoms with van der Waals surface area (Å²) in [4.78, 5) is 8.92. The molecule has 5 heteroatoms. The van der Waals surface area contributed by atoms with E-state index in [1.807, 2.05) is 18.5 Å². The Morgan fingerprint density at radius 1 is 1.38 bits per heavy atom. The standard InChI is InChI=1S/C11H15N3S2/c1-3-4-12-9(10-13-5-6-15-10)11-14-8(2)7-16-11/h5-7,9,12H,3-4H2,1-2H3. The highest BCUT2D eigenvalue weighted by Crippen LogP contribution is 2.26. The average Bonchev–Trinajstić information content (AvgIpc) is 2.91. The Morgan fingerprint density at radius 2 is 2.25 bits per heavy atom. The van der Waals surface area contributed by atoms with Crippen molar-refractivity contribution in [2.45, 2.75) is 26.3 Å². The molecule has 86 valence electrons. The zero-order chi connectivity index (χ0) is 11.4. The molecular weight excluding hydrogens is 238 g/mol. The van der Waals surface area contributed by atoms with Gasteiger partial charge in [-0.3, -0.25) is 0 Å². The van der Waals surface area contributed by atoms with E-state index in [4.69, 9.17) is 0 Å². The molecule has 3 nitrogen and oxygen atoms in total. The Morgan fingerprint density at radius 3 is 2.81 bits per heavy atom. The molecule has 0 aromatic carbocycles. The van der Waals surface area contributed by atoms with E-state index in [1.165, 1.54) is 0 Å². The summed E-state index contributed by atoms with van der Waals surface area (Å²) in [5.74, 6) is 0. The lowest BCUT2D eigenvalue weighted by molar-refractivity contribution is 0.592. The van der Waals surface area contributed by atoms with Gasteiger partial charge in [-0.25, -0.2) is 9.97 Å². The lowest BCUT2D eigenvalue weighted by atomic mass is 10.3. The van der Waals surface area contributed by atoms with Gasteiger partial charge in [0.25, 0.3) is 0 Å². The van der Waals surface area contributed by atoms with Gasteiger partial charge in [0, 0.05) is 22.7 Å². The Bertz CT molecular complexity index is 422. The summed E-state index contributed by atoms with van der Waals surface area (Å²) in [6.45, 7) is 5.18. The molecule has 0 amide bonds. The molecule has 0 bridgehead atoms. The molecule has 1 atom stereocenters. The Hall–Kier alpha value is -0.780. The van der Waals surface area contributed by atoms with Crippen LogP contribution in [0.15, 0.2) is 17.0 Å². The molecular formula is C11H15N3S2. The summed E-state index contributed by atoms with van der Waals surface area (Å²) < 4.78 is 0. The van der Waals surface area contributed by atoms with Gasteiger partial charge < -0.3 is 5.32 Å². The van der Waals surface area contributed by atoms with Crippen LogP contribution in [0.5, 0.6) is 0 Å². The highest BCUT2D eigenvalue weighted by Gasteiger charge is 2.18. The third-order valence-corrected chi connectivity index (χ3v) is 4.05. The van der Waals surface area contributed by atoms with Gasteiger partial charge in [0.05, 0.1) is 0 Å². The van der Waals surface area contributed by atoms with Gasteiger partial charge in [-0.1, -0.05) is 6.92 Å². The molecule has 2 heterocycles. The predicted octanol–water partition coefficient (Wildman–Crippen LogP) is 3.00.